The van der Waals surface area contributed by atoms with Gasteiger partial charge in [0.1, 0.15) is 5.75 Å². The molecule has 0 aliphatic rings. The second-order valence-electron chi connectivity index (χ2n) is 3.74. The Morgan fingerprint density at radius 2 is 2.00 bits per heavy atom. The van der Waals surface area contributed by atoms with Crippen LogP contribution in [0.5, 0.6) is 5.75 Å². The van der Waals surface area contributed by atoms with Gasteiger partial charge in [-0.25, -0.2) is 0 Å². The van der Waals surface area contributed by atoms with E-state index < -0.39 is 6.61 Å². The van der Waals surface area contributed by atoms with E-state index in [9.17, 15) is 8.78 Å². The van der Waals surface area contributed by atoms with Gasteiger partial charge < -0.3 is 10.1 Å². The summed E-state index contributed by atoms with van der Waals surface area (Å²) in [4.78, 5) is 0. The van der Waals surface area contributed by atoms with E-state index in [1.54, 1.807) is 16.8 Å². The smallest absolute Gasteiger partial charge is 0.387 e. The van der Waals surface area contributed by atoms with Crippen molar-refractivity contribution in [3.8, 4) is 5.75 Å². The molecule has 0 bridgehead atoms. The quantitative estimate of drug-likeness (QED) is 0.890. The van der Waals surface area contributed by atoms with Crippen LogP contribution in [0.25, 0.3) is 0 Å². The van der Waals surface area contributed by atoms with Crippen LogP contribution in [0.15, 0.2) is 36.5 Å². The highest BCUT2D eigenvalue weighted by Gasteiger charge is 2.03. The molecular weight excluding hydrogens is 240 g/mol. The van der Waals surface area contributed by atoms with Gasteiger partial charge in [0.05, 0.1) is 12.2 Å². The van der Waals surface area contributed by atoms with Gasteiger partial charge in [-0.1, -0.05) is 0 Å². The van der Waals surface area contributed by atoms with Gasteiger partial charge >= 0.3 is 6.61 Å². The van der Waals surface area contributed by atoms with Crippen molar-refractivity contribution in [1.29, 1.82) is 0 Å². The van der Waals surface area contributed by atoms with Gasteiger partial charge in [0.2, 0.25) is 0 Å². The highest BCUT2D eigenvalue weighted by molar-refractivity contribution is 5.46. The number of benzene rings is 1. The maximum Gasteiger partial charge on any atom is 0.387 e. The minimum absolute atomic E-state index is 0.147. The average Bonchev–Trinajstić information content (AvgIpc) is 2.74. The first-order chi connectivity index (χ1) is 8.63. The minimum atomic E-state index is -2.79. The Morgan fingerprint density at radius 3 is 2.56 bits per heavy atom. The van der Waals surface area contributed by atoms with Gasteiger partial charge in [-0.15, -0.1) is 0 Å². The van der Waals surface area contributed by atoms with Crippen molar-refractivity contribution in [2.75, 3.05) is 5.32 Å². The second-order valence-corrected chi connectivity index (χ2v) is 3.74. The standard InChI is InChI=1S/C12H13F2N3O/c1-17-7-6-10(16-17)8-15-9-2-4-11(5-3-9)18-12(13)14/h2-7,12,15H,8H2,1H3. The number of hydrogen-bond donors (Lipinski definition) is 1. The van der Waals surface area contributed by atoms with Gasteiger partial charge in [0, 0.05) is 18.9 Å². The lowest BCUT2D eigenvalue weighted by Crippen LogP contribution is -2.03. The Balaban J connectivity index is 1.90. The highest BCUT2D eigenvalue weighted by Crippen LogP contribution is 2.18. The fourth-order valence-corrected chi connectivity index (χ4v) is 1.50. The number of halogens is 2. The van der Waals surface area contributed by atoms with Crippen LogP contribution >= 0.6 is 0 Å². The van der Waals surface area contributed by atoms with E-state index in [1.165, 1.54) is 12.1 Å². The lowest BCUT2D eigenvalue weighted by atomic mass is 10.3. The fourth-order valence-electron chi connectivity index (χ4n) is 1.50. The molecule has 1 heterocycles. The summed E-state index contributed by atoms with van der Waals surface area (Å²) < 4.78 is 29.9. The lowest BCUT2D eigenvalue weighted by molar-refractivity contribution is -0.0498. The summed E-state index contributed by atoms with van der Waals surface area (Å²) in [6, 6.07) is 8.25. The molecule has 0 radical (unpaired) electrons. The van der Waals surface area contributed by atoms with Crippen LogP contribution in [0.1, 0.15) is 5.69 Å². The van der Waals surface area contributed by atoms with E-state index >= 15 is 0 Å². The summed E-state index contributed by atoms with van der Waals surface area (Å²) in [6.07, 6.45) is 1.86. The molecule has 96 valence electrons. The summed E-state index contributed by atoms with van der Waals surface area (Å²) in [5.74, 6) is 0.147. The zero-order valence-electron chi connectivity index (χ0n) is 9.81. The van der Waals surface area contributed by atoms with E-state index in [-0.39, 0.29) is 5.75 Å². The van der Waals surface area contributed by atoms with E-state index in [4.69, 9.17) is 0 Å². The normalized spacial score (nSPS) is 10.7. The number of aromatic nitrogens is 2. The molecular formula is C12H13F2N3O. The van der Waals surface area contributed by atoms with Crippen molar-refractivity contribution < 1.29 is 13.5 Å². The highest BCUT2D eigenvalue weighted by atomic mass is 19.3. The molecule has 6 heteroatoms. The predicted octanol–water partition coefficient (Wildman–Crippen LogP) is 2.63. The van der Waals surface area contributed by atoms with Crippen molar-refractivity contribution in [3.63, 3.8) is 0 Å². The van der Waals surface area contributed by atoms with Crippen LogP contribution < -0.4 is 10.1 Å². The molecule has 0 saturated carbocycles. The number of alkyl halides is 2. The van der Waals surface area contributed by atoms with E-state index in [0.29, 0.717) is 6.54 Å². The molecule has 0 spiro atoms. The van der Waals surface area contributed by atoms with Crippen LogP contribution in [-0.4, -0.2) is 16.4 Å². The average molecular weight is 253 g/mol. The number of ether oxygens (including phenoxy) is 1. The Kier molecular flexibility index (Phi) is 3.76. The Morgan fingerprint density at radius 1 is 1.28 bits per heavy atom. The third-order valence-electron chi connectivity index (χ3n) is 2.32. The molecule has 2 aromatic rings. The summed E-state index contributed by atoms with van der Waals surface area (Å²) in [5.41, 5.74) is 1.73. The fraction of sp³-hybridized carbons (Fsp3) is 0.250. The van der Waals surface area contributed by atoms with Crippen molar-refractivity contribution in [2.45, 2.75) is 13.2 Å². The summed E-state index contributed by atoms with van der Waals surface area (Å²) in [6.45, 7) is -2.21. The monoisotopic (exact) mass is 253 g/mol. The molecule has 1 N–H and O–H groups in total. The van der Waals surface area contributed by atoms with E-state index in [0.717, 1.165) is 11.4 Å². The molecule has 0 aliphatic heterocycles. The summed E-state index contributed by atoms with van der Waals surface area (Å²) in [5, 5.41) is 7.35. The van der Waals surface area contributed by atoms with Crippen LogP contribution in [-0.2, 0) is 13.6 Å². The largest absolute Gasteiger partial charge is 0.435 e. The van der Waals surface area contributed by atoms with Crippen molar-refractivity contribution in [2.24, 2.45) is 7.05 Å². The number of nitrogens with zero attached hydrogens (tertiary/aromatic N) is 2. The number of anilines is 1. The Labute approximate surface area is 103 Å². The molecule has 18 heavy (non-hydrogen) atoms. The molecule has 4 nitrogen and oxygen atoms in total. The molecule has 0 amide bonds. The first kappa shape index (κ1) is 12.3. The number of rotatable bonds is 5. The number of hydrogen-bond acceptors (Lipinski definition) is 3. The SMILES string of the molecule is Cn1ccc(CNc2ccc(OC(F)F)cc2)n1. The maximum atomic E-state index is 11.9. The Bertz CT molecular complexity index is 496. The van der Waals surface area contributed by atoms with Crippen LogP contribution in [0.3, 0.4) is 0 Å². The summed E-state index contributed by atoms with van der Waals surface area (Å²) >= 11 is 0. The molecule has 0 atom stereocenters. The topological polar surface area (TPSA) is 39.1 Å². The predicted molar refractivity (Wildman–Crippen MR) is 63.6 cm³/mol. The first-order valence-corrected chi connectivity index (χ1v) is 5.41. The molecule has 0 aliphatic carbocycles. The second kappa shape index (κ2) is 5.48. The van der Waals surface area contributed by atoms with Gasteiger partial charge in [0.15, 0.2) is 0 Å². The van der Waals surface area contributed by atoms with Crippen molar-refractivity contribution in [1.82, 2.24) is 9.78 Å². The van der Waals surface area contributed by atoms with Gasteiger partial charge in [0.25, 0.3) is 0 Å². The zero-order chi connectivity index (χ0) is 13.0. The number of aryl methyl sites for hydroxylation is 1. The Hall–Kier alpha value is -2.11. The van der Waals surface area contributed by atoms with E-state index in [2.05, 4.69) is 15.2 Å². The zero-order valence-corrected chi connectivity index (χ0v) is 9.81. The van der Waals surface area contributed by atoms with Crippen molar-refractivity contribution >= 4 is 5.69 Å². The maximum absolute atomic E-state index is 11.9. The minimum Gasteiger partial charge on any atom is -0.435 e. The van der Waals surface area contributed by atoms with Crippen LogP contribution in [0.2, 0.25) is 0 Å². The van der Waals surface area contributed by atoms with Gasteiger partial charge in [-0.2, -0.15) is 13.9 Å². The molecule has 2 rings (SSSR count). The number of nitrogens with one attached hydrogen (secondary N) is 1. The van der Waals surface area contributed by atoms with E-state index in [1.807, 2.05) is 19.3 Å². The van der Waals surface area contributed by atoms with Gasteiger partial charge in [-0.05, 0) is 30.3 Å². The molecule has 1 aromatic heterocycles. The van der Waals surface area contributed by atoms with Gasteiger partial charge in [-0.3, -0.25) is 4.68 Å². The van der Waals surface area contributed by atoms with Crippen molar-refractivity contribution in [3.05, 3.63) is 42.2 Å². The molecule has 0 fully saturated rings. The molecule has 1 aromatic carbocycles. The summed E-state index contributed by atoms with van der Waals surface area (Å²) in [7, 11) is 1.85. The van der Waals surface area contributed by atoms with Crippen LogP contribution in [0, 0.1) is 0 Å². The molecule has 0 saturated heterocycles. The lowest BCUT2D eigenvalue weighted by Gasteiger charge is -2.07. The first-order valence-electron chi connectivity index (χ1n) is 5.41. The third-order valence-corrected chi connectivity index (χ3v) is 2.32. The van der Waals surface area contributed by atoms with Crippen LogP contribution in [0.4, 0.5) is 14.5 Å². The third kappa shape index (κ3) is 3.44. The molecule has 0 unspecified atom stereocenters.